The molecule has 240 valence electrons. The summed E-state index contributed by atoms with van der Waals surface area (Å²) in [7, 11) is 2.21. The van der Waals surface area contributed by atoms with Crippen molar-refractivity contribution in [2.45, 2.75) is 57.2 Å². The van der Waals surface area contributed by atoms with Crippen LogP contribution in [-0.4, -0.2) is 84.1 Å². The zero-order chi connectivity index (χ0) is 32.0. The number of rotatable bonds is 7. The van der Waals surface area contributed by atoms with Gasteiger partial charge in [-0.1, -0.05) is 42.8 Å². The summed E-state index contributed by atoms with van der Waals surface area (Å²) in [4.78, 5) is 31.2. The largest absolute Gasteiger partial charge is 0.463 e. The molecule has 2 aromatic carbocycles. The summed E-state index contributed by atoms with van der Waals surface area (Å²) in [5.74, 6) is 0.197. The Hall–Kier alpha value is -3.94. The van der Waals surface area contributed by atoms with E-state index in [4.69, 9.17) is 26.3 Å². The van der Waals surface area contributed by atoms with Crippen LogP contribution in [0.1, 0.15) is 43.4 Å². The predicted octanol–water partition coefficient (Wildman–Crippen LogP) is 5.36. The van der Waals surface area contributed by atoms with Crippen LogP contribution in [0.4, 0.5) is 15.9 Å². The number of halogens is 2. The Morgan fingerprint density at radius 3 is 2.89 bits per heavy atom. The second-order valence-corrected chi connectivity index (χ2v) is 13.5. The highest BCUT2D eigenvalue weighted by atomic mass is 35.5. The summed E-state index contributed by atoms with van der Waals surface area (Å²) in [5.41, 5.74) is 2.88. The molecule has 1 amide bonds. The minimum absolute atomic E-state index is 0.110. The summed E-state index contributed by atoms with van der Waals surface area (Å²) < 4.78 is 21.2. The lowest BCUT2D eigenvalue weighted by Gasteiger charge is -2.42. The molecule has 1 aliphatic carbocycles. The molecule has 4 aliphatic rings. The van der Waals surface area contributed by atoms with Crippen molar-refractivity contribution >= 4 is 39.8 Å². The van der Waals surface area contributed by atoms with Crippen LogP contribution >= 0.6 is 11.6 Å². The molecule has 9 nitrogen and oxygen atoms in total. The van der Waals surface area contributed by atoms with Crippen LogP contribution in [0.3, 0.4) is 0 Å². The van der Waals surface area contributed by atoms with Gasteiger partial charge >= 0.3 is 6.01 Å². The fraction of sp³-hybridized carbons (Fsp3) is 0.486. The zero-order valence-electron chi connectivity index (χ0n) is 26.2. The molecule has 4 heterocycles. The molecule has 1 aromatic heterocycles. The van der Waals surface area contributed by atoms with Crippen molar-refractivity contribution in [2.24, 2.45) is 5.41 Å². The van der Waals surface area contributed by atoms with Gasteiger partial charge < -0.3 is 24.3 Å². The SMILES string of the molecule is C=CC(=O)N1CCN(c2nc(OCC34CCCC3N(C)CC4)nc3c2CCN(c2cccc4ccc(F)c(Cl)c24)C3)C[C@@H]1CC#N. The molecule has 0 N–H and O–H groups in total. The predicted molar refractivity (Wildman–Crippen MR) is 177 cm³/mol. The van der Waals surface area contributed by atoms with Gasteiger partial charge in [0.15, 0.2) is 0 Å². The van der Waals surface area contributed by atoms with Gasteiger partial charge in [-0.25, -0.2) is 4.39 Å². The number of hydrogen-bond acceptors (Lipinski definition) is 8. The van der Waals surface area contributed by atoms with Crippen LogP contribution in [0.2, 0.25) is 5.02 Å². The number of likely N-dealkylation sites (tertiary alicyclic amines) is 1. The highest BCUT2D eigenvalue weighted by molar-refractivity contribution is 6.36. The first kappa shape index (κ1) is 30.7. The van der Waals surface area contributed by atoms with Crippen LogP contribution in [0.15, 0.2) is 43.0 Å². The Labute approximate surface area is 274 Å². The van der Waals surface area contributed by atoms with Gasteiger partial charge in [0.25, 0.3) is 0 Å². The van der Waals surface area contributed by atoms with E-state index in [1.54, 1.807) is 11.0 Å². The van der Waals surface area contributed by atoms with Crippen LogP contribution in [0.5, 0.6) is 6.01 Å². The fourth-order valence-electron chi connectivity index (χ4n) is 8.31. The van der Waals surface area contributed by atoms with E-state index in [1.165, 1.54) is 25.0 Å². The number of carbonyl (C=O) groups is 1. The van der Waals surface area contributed by atoms with Crippen LogP contribution in [-0.2, 0) is 17.8 Å². The summed E-state index contributed by atoms with van der Waals surface area (Å²) >= 11 is 6.53. The molecule has 3 aliphatic heterocycles. The molecule has 0 radical (unpaired) electrons. The van der Waals surface area contributed by atoms with Crippen molar-refractivity contribution in [1.82, 2.24) is 19.8 Å². The highest BCUT2D eigenvalue weighted by Gasteiger charge is 2.49. The first-order valence-electron chi connectivity index (χ1n) is 16.2. The van der Waals surface area contributed by atoms with E-state index in [-0.39, 0.29) is 28.8 Å². The summed E-state index contributed by atoms with van der Waals surface area (Å²) in [6, 6.07) is 11.9. The molecule has 2 saturated heterocycles. The molecular formula is C35H39ClFN7O2. The quantitative estimate of drug-likeness (QED) is 0.318. The third-order valence-corrected chi connectivity index (χ3v) is 11.1. The zero-order valence-corrected chi connectivity index (χ0v) is 27.0. The number of piperazine rings is 1. The lowest BCUT2D eigenvalue weighted by Crippen LogP contribution is -2.55. The Morgan fingerprint density at radius 2 is 2.07 bits per heavy atom. The summed E-state index contributed by atoms with van der Waals surface area (Å²) in [5, 5.41) is 11.3. The Bertz CT molecular complexity index is 1730. The van der Waals surface area contributed by atoms with Crippen molar-refractivity contribution in [3.63, 3.8) is 0 Å². The Balaban J connectivity index is 1.24. The van der Waals surface area contributed by atoms with Gasteiger partial charge in [0.1, 0.15) is 11.6 Å². The average molecular weight is 644 g/mol. The minimum Gasteiger partial charge on any atom is -0.463 e. The maximum atomic E-state index is 14.6. The molecule has 3 aromatic rings. The number of nitriles is 1. The molecule has 11 heteroatoms. The van der Waals surface area contributed by atoms with Crippen LogP contribution in [0.25, 0.3) is 10.8 Å². The van der Waals surface area contributed by atoms with Gasteiger partial charge in [0.2, 0.25) is 5.91 Å². The van der Waals surface area contributed by atoms with E-state index in [0.29, 0.717) is 63.2 Å². The van der Waals surface area contributed by atoms with Crippen molar-refractivity contribution in [3.05, 3.63) is 65.1 Å². The average Bonchev–Trinajstić information content (AvgIpc) is 3.64. The number of aromatic nitrogens is 2. The third kappa shape index (κ3) is 5.33. The molecule has 46 heavy (non-hydrogen) atoms. The summed E-state index contributed by atoms with van der Waals surface area (Å²) in [6.45, 7) is 7.97. The van der Waals surface area contributed by atoms with E-state index in [1.807, 2.05) is 18.2 Å². The fourth-order valence-corrected chi connectivity index (χ4v) is 8.58. The molecular weight excluding hydrogens is 605 g/mol. The number of hydrogen-bond donors (Lipinski definition) is 0. The summed E-state index contributed by atoms with van der Waals surface area (Å²) in [6.07, 6.45) is 6.83. The van der Waals surface area contributed by atoms with E-state index >= 15 is 0 Å². The molecule has 7 rings (SSSR count). The van der Waals surface area contributed by atoms with Crippen LogP contribution in [0, 0.1) is 22.6 Å². The number of ether oxygens (including phenoxy) is 1. The Morgan fingerprint density at radius 1 is 1.20 bits per heavy atom. The number of anilines is 2. The maximum Gasteiger partial charge on any atom is 0.318 e. The number of benzene rings is 2. The second-order valence-electron chi connectivity index (χ2n) is 13.2. The number of fused-ring (bicyclic) bond motifs is 3. The van der Waals surface area contributed by atoms with Gasteiger partial charge in [-0.2, -0.15) is 15.2 Å². The van der Waals surface area contributed by atoms with Gasteiger partial charge in [0, 0.05) is 54.3 Å². The lowest BCUT2D eigenvalue weighted by atomic mass is 9.83. The first-order chi connectivity index (χ1) is 22.3. The first-order valence-corrected chi connectivity index (χ1v) is 16.6. The number of nitrogens with zero attached hydrogens (tertiary/aromatic N) is 7. The molecule has 1 saturated carbocycles. The van der Waals surface area contributed by atoms with Gasteiger partial charge in [-0.05, 0) is 62.9 Å². The normalized spacial score (nSPS) is 24.5. The third-order valence-electron chi connectivity index (χ3n) is 10.7. The highest BCUT2D eigenvalue weighted by Crippen LogP contribution is 2.48. The van der Waals surface area contributed by atoms with E-state index < -0.39 is 5.82 Å². The number of amides is 1. The van der Waals surface area contributed by atoms with E-state index in [9.17, 15) is 14.4 Å². The second kappa shape index (κ2) is 12.3. The smallest absolute Gasteiger partial charge is 0.318 e. The van der Waals surface area contributed by atoms with Crippen LogP contribution < -0.4 is 14.5 Å². The van der Waals surface area contributed by atoms with E-state index in [0.717, 1.165) is 47.5 Å². The topological polar surface area (TPSA) is 88.8 Å². The Kier molecular flexibility index (Phi) is 8.24. The van der Waals surface area contributed by atoms with Crippen molar-refractivity contribution < 1.29 is 13.9 Å². The van der Waals surface area contributed by atoms with Crippen molar-refractivity contribution in [1.29, 1.82) is 5.26 Å². The maximum absolute atomic E-state index is 14.6. The van der Waals surface area contributed by atoms with Gasteiger partial charge in [-0.15, -0.1) is 0 Å². The van der Waals surface area contributed by atoms with Crippen molar-refractivity contribution in [2.75, 3.05) is 56.2 Å². The van der Waals surface area contributed by atoms with Gasteiger partial charge in [0.05, 0.1) is 42.4 Å². The molecule has 3 atom stereocenters. The molecule has 0 bridgehead atoms. The monoisotopic (exact) mass is 643 g/mol. The molecule has 0 spiro atoms. The molecule has 2 unspecified atom stereocenters. The van der Waals surface area contributed by atoms with Crippen molar-refractivity contribution in [3.8, 4) is 12.1 Å². The standard InChI is InChI=1S/C35H39ClFN7O2/c1-3-30(45)44-19-18-43(20-24(44)11-15-38)33-25-12-16-42(28-7-4-6-23-9-10-26(37)32(36)31(23)28)21-27(25)39-34(40-33)46-22-35-13-5-8-29(35)41(2)17-14-35/h3-4,6-7,9-10,24,29H,1,5,8,11-14,16-22H2,2H3/t24-,29?,35?/m0/s1. The van der Waals surface area contributed by atoms with Gasteiger partial charge in [-0.3, -0.25) is 4.79 Å². The lowest BCUT2D eigenvalue weighted by molar-refractivity contribution is -0.128. The van der Waals surface area contributed by atoms with E-state index in [2.05, 4.69) is 34.4 Å². The minimum atomic E-state index is -0.442. The molecule has 3 fully saturated rings. The number of carbonyl (C=O) groups excluding carboxylic acids is 1.